The number of carbonyl (C=O) groups excluding carboxylic acids is 2. The molecule has 6 heterocycles. The van der Waals surface area contributed by atoms with Crippen molar-refractivity contribution in [1.29, 1.82) is 0 Å². The monoisotopic (exact) mass is 863 g/mol. The number of fused-ring (bicyclic) bond motifs is 2. The van der Waals surface area contributed by atoms with Crippen LogP contribution in [0, 0.1) is 11.8 Å². The number of aliphatic hydroxyl groups excluding tert-OH is 1. The molecule has 9 atom stereocenters. The van der Waals surface area contributed by atoms with Gasteiger partial charge in [-0.05, 0) is 41.5 Å². The van der Waals surface area contributed by atoms with E-state index in [1.54, 1.807) is 53.4 Å². The van der Waals surface area contributed by atoms with Crippen LogP contribution in [0.1, 0.15) is 81.7 Å². The van der Waals surface area contributed by atoms with Gasteiger partial charge < -0.3 is 33.1 Å². The van der Waals surface area contributed by atoms with Crippen LogP contribution in [0.4, 0.5) is 11.9 Å². The van der Waals surface area contributed by atoms with Gasteiger partial charge in [0.1, 0.15) is 24.4 Å². The minimum absolute atomic E-state index is 0.0264. The molecular weight excluding hydrogens is 805 g/mol. The fraction of sp³-hybridized carbons (Fsp3) is 0.676. The van der Waals surface area contributed by atoms with Crippen LogP contribution in [-0.2, 0) is 37.6 Å². The number of H-pyrrole nitrogens is 2. The molecule has 0 saturated carbocycles. The molecule has 0 spiro atoms. The molecule has 0 radical (unpaired) electrons. The SMILES string of the molecule is COC1[C@@H](O)[C@@H](C)O[C@H]1n1cnc2c(=O)[nH]c(NC(=O)C(C)C)nc21.COC1[C@@H](OP(OC)N(C(C)C)C(C)C)[C@@H](C)O[C@H]1n1cnc2c(=O)[nH]c(NC(=O)C(C)C)nc21. The summed E-state index contributed by atoms with van der Waals surface area (Å²) in [5, 5.41) is 15.3. The summed E-state index contributed by atoms with van der Waals surface area (Å²) in [4.78, 5) is 70.9. The number of amides is 2. The molecule has 4 aromatic rings. The van der Waals surface area contributed by atoms with Crippen LogP contribution in [-0.4, -0.2) is 131 Å². The van der Waals surface area contributed by atoms with E-state index < -0.39 is 62.6 Å². The molecule has 6 rings (SSSR count). The number of aromatic amines is 2. The number of nitrogens with zero attached hydrogens (tertiary/aromatic N) is 7. The van der Waals surface area contributed by atoms with Crippen molar-refractivity contribution in [2.45, 2.75) is 130 Å². The van der Waals surface area contributed by atoms with Crippen molar-refractivity contribution in [3.8, 4) is 0 Å². The van der Waals surface area contributed by atoms with Crippen molar-refractivity contribution in [2.24, 2.45) is 11.8 Å². The largest absolute Gasteiger partial charge is 0.388 e. The topological polar surface area (TPSA) is 264 Å². The predicted molar refractivity (Wildman–Crippen MR) is 221 cm³/mol. The molecule has 2 aliphatic rings. The van der Waals surface area contributed by atoms with Crippen molar-refractivity contribution < 1.29 is 42.7 Å². The number of aliphatic hydroxyl groups is 1. The van der Waals surface area contributed by atoms with Gasteiger partial charge in [0.2, 0.25) is 23.7 Å². The normalized spacial score (nSPS) is 24.9. The van der Waals surface area contributed by atoms with Gasteiger partial charge in [0.25, 0.3) is 19.6 Å². The number of rotatable bonds is 14. The number of methoxy groups -OCH3 is 2. The van der Waals surface area contributed by atoms with Crippen molar-refractivity contribution in [1.82, 2.24) is 43.7 Å². The lowest BCUT2D eigenvalue weighted by atomic mass is 10.1. The average Bonchev–Trinajstić information content (AvgIpc) is 3.94. The smallest absolute Gasteiger partial charge is 0.280 e. The molecule has 60 heavy (non-hydrogen) atoms. The maximum absolute atomic E-state index is 12.6. The highest BCUT2D eigenvalue weighted by atomic mass is 31.2. The van der Waals surface area contributed by atoms with Crippen LogP contribution in [0.5, 0.6) is 0 Å². The molecule has 2 amide bonds. The summed E-state index contributed by atoms with van der Waals surface area (Å²) in [6, 6.07) is 0.423. The molecule has 22 nitrogen and oxygen atoms in total. The first-order valence-corrected chi connectivity index (χ1v) is 20.9. The summed E-state index contributed by atoms with van der Waals surface area (Å²) in [6.07, 6.45) is -1.69. The Balaban J connectivity index is 0.000000240. The van der Waals surface area contributed by atoms with Crippen LogP contribution < -0.4 is 21.8 Å². The standard InChI is InChI=1S/C22H37N6O6P.C15H21N5O5/c1-11(2)19(29)25-22-24-18-15(20(30)26-22)23-10-27(18)21-17(31-8)16(14(7)33-21)34-35(32-9)28(12(3)4)13(5)6;1-6(2)12(22)18-15-17-11-8(13(23)19-15)16-5-20(11)14-10(24-4)9(21)7(3)25-14/h10-14,16-17,21H,1-9H3,(H2,24,25,26,29,30);5-7,9-10,14,21H,1-4H3,(H2,17,18,19,22,23)/t14-,16+,17?,21-,35?;7-,9+,10?,14-/m11/s1. The number of carbonyl (C=O) groups is 2. The predicted octanol–water partition coefficient (Wildman–Crippen LogP) is 3.03. The van der Waals surface area contributed by atoms with Crippen LogP contribution in [0.3, 0.4) is 0 Å². The highest BCUT2D eigenvalue weighted by Crippen LogP contribution is 2.49. The zero-order valence-electron chi connectivity index (χ0n) is 36.2. The second kappa shape index (κ2) is 19.6. The van der Waals surface area contributed by atoms with Crippen LogP contribution >= 0.6 is 8.53 Å². The molecule has 23 heteroatoms. The van der Waals surface area contributed by atoms with Gasteiger partial charge in [0, 0.05) is 45.2 Å². The Hall–Kier alpha value is -4.25. The summed E-state index contributed by atoms with van der Waals surface area (Å²) < 4.78 is 40.7. The van der Waals surface area contributed by atoms with E-state index in [0.29, 0.717) is 0 Å². The number of imidazole rings is 2. The molecule has 4 aromatic heterocycles. The molecule has 2 aliphatic heterocycles. The van der Waals surface area contributed by atoms with E-state index in [1.807, 2.05) is 6.92 Å². The molecule has 0 bridgehead atoms. The lowest BCUT2D eigenvalue weighted by molar-refractivity contribution is -0.119. The van der Waals surface area contributed by atoms with E-state index in [2.05, 4.69) is 72.9 Å². The van der Waals surface area contributed by atoms with Gasteiger partial charge in [-0.25, -0.2) is 14.6 Å². The molecule has 5 N–H and O–H groups in total. The maximum atomic E-state index is 12.6. The third-order valence-electron chi connectivity index (χ3n) is 9.98. The number of aromatic nitrogens is 8. The second-order valence-electron chi connectivity index (χ2n) is 15.7. The van der Waals surface area contributed by atoms with Gasteiger partial charge in [-0.3, -0.25) is 48.9 Å². The summed E-state index contributed by atoms with van der Waals surface area (Å²) in [5.41, 5.74) is -0.205. The van der Waals surface area contributed by atoms with E-state index in [1.165, 1.54) is 24.3 Å². The quantitative estimate of drug-likeness (QED) is 0.114. The van der Waals surface area contributed by atoms with Gasteiger partial charge >= 0.3 is 0 Å². The van der Waals surface area contributed by atoms with Crippen LogP contribution in [0.2, 0.25) is 0 Å². The van der Waals surface area contributed by atoms with E-state index in [9.17, 15) is 24.3 Å². The van der Waals surface area contributed by atoms with Crippen molar-refractivity contribution in [3.05, 3.63) is 33.4 Å². The summed E-state index contributed by atoms with van der Waals surface area (Å²) >= 11 is 0. The number of ether oxygens (including phenoxy) is 4. The Bertz CT molecular complexity index is 2220. The third kappa shape index (κ3) is 9.77. The van der Waals surface area contributed by atoms with Crippen LogP contribution in [0.15, 0.2) is 22.2 Å². The van der Waals surface area contributed by atoms with E-state index in [4.69, 9.17) is 28.0 Å². The molecule has 2 fully saturated rings. The first-order valence-electron chi connectivity index (χ1n) is 19.7. The molecule has 3 unspecified atom stereocenters. The molecule has 0 aromatic carbocycles. The van der Waals surface area contributed by atoms with E-state index in [-0.39, 0.29) is 76.1 Å². The lowest BCUT2D eigenvalue weighted by Gasteiger charge is -2.37. The highest BCUT2D eigenvalue weighted by Gasteiger charge is 2.48. The zero-order chi connectivity index (χ0) is 44.3. The Kier molecular flexibility index (Phi) is 15.3. The molecular formula is C37H58N11O11P. The van der Waals surface area contributed by atoms with Gasteiger partial charge in [0.05, 0.1) is 24.9 Å². The minimum atomic E-state index is -1.38. The Morgan fingerprint density at radius 3 is 1.58 bits per heavy atom. The Morgan fingerprint density at radius 2 is 1.18 bits per heavy atom. The van der Waals surface area contributed by atoms with Gasteiger partial charge in [-0.15, -0.1) is 0 Å². The third-order valence-corrected chi connectivity index (χ3v) is 12.0. The van der Waals surface area contributed by atoms with Gasteiger partial charge in [-0.1, -0.05) is 27.7 Å². The minimum Gasteiger partial charge on any atom is -0.388 e. The molecule has 0 aliphatic carbocycles. The van der Waals surface area contributed by atoms with Crippen LogP contribution in [0.25, 0.3) is 22.3 Å². The average molecular weight is 864 g/mol. The summed E-state index contributed by atoms with van der Waals surface area (Å²) in [6.45, 7) is 19.0. The summed E-state index contributed by atoms with van der Waals surface area (Å²) in [7, 11) is 3.31. The van der Waals surface area contributed by atoms with Gasteiger partial charge in [-0.2, -0.15) is 9.97 Å². The zero-order valence-corrected chi connectivity index (χ0v) is 37.1. The molecule has 332 valence electrons. The Labute approximate surface area is 348 Å². The van der Waals surface area contributed by atoms with Gasteiger partial charge in [0.15, 0.2) is 34.8 Å². The summed E-state index contributed by atoms with van der Waals surface area (Å²) in [5.74, 6) is -1.01. The number of hydrogen-bond donors (Lipinski definition) is 5. The number of hydrogen-bond acceptors (Lipinski definition) is 16. The van der Waals surface area contributed by atoms with Crippen molar-refractivity contribution in [3.63, 3.8) is 0 Å². The number of nitrogens with one attached hydrogen (secondary N) is 4. The maximum Gasteiger partial charge on any atom is 0.280 e. The van der Waals surface area contributed by atoms with E-state index in [0.717, 1.165) is 0 Å². The lowest BCUT2D eigenvalue weighted by Crippen LogP contribution is -2.38. The first kappa shape index (κ1) is 46.8. The number of anilines is 2. The fourth-order valence-corrected chi connectivity index (χ4v) is 8.49. The van der Waals surface area contributed by atoms with Crippen molar-refractivity contribution in [2.75, 3.05) is 32.0 Å². The highest BCUT2D eigenvalue weighted by molar-refractivity contribution is 7.44. The Morgan fingerprint density at radius 1 is 0.750 bits per heavy atom. The fourth-order valence-electron chi connectivity index (χ4n) is 6.85. The van der Waals surface area contributed by atoms with Crippen molar-refractivity contribution >= 4 is 54.6 Å². The van der Waals surface area contributed by atoms with E-state index >= 15 is 0 Å². The molecule has 2 saturated heterocycles. The second-order valence-corrected chi connectivity index (χ2v) is 17.2. The first-order chi connectivity index (χ1) is 28.3.